The van der Waals surface area contributed by atoms with Gasteiger partial charge in [-0.15, -0.1) is 0 Å². The van der Waals surface area contributed by atoms with Gasteiger partial charge in [0.15, 0.2) is 0 Å². The van der Waals surface area contributed by atoms with Crippen molar-refractivity contribution >= 4 is 7.82 Å². The zero-order valence-electron chi connectivity index (χ0n) is 12.9. The van der Waals surface area contributed by atoms with E-state index in [4.69, 9.17) is 24.1 Å². The number of hydrogen-bond donors (Lipinski definition) is 0. The van der Waals surface area contributed by atoms with Crippen LogP contribution in [0.5, 0.6) is 0 Å². The minimum Gasteiger partial charge on any atom is -0.287 e. The van der Waals surface area contributed by atoms with Crippen molar-refractivity contribution in [1.82, 2.24) is 0 Å². The Morgan fingerprint density at radius 3 is 2.05 bits per heavy atom. The van der Waals surface area contributed by atoms with Crippen LogP contribution in [0.2, 0.25) is 0 Å². The van der Waals surface area contributed by atoms with Gasteiger partial charge < -0.3 is 0 Å². The molecule has 120 valence electrons. The van der Waals surface area contributed by atoms with Gasteiger partial charge in [-0.25, -0.2) is 4.57 Å². The van der Waals surface area contributed by atoms with Gasteiger partial charge in [-0.1, -0.05) is 33.1 Å². The van der Waals surface area contributed by atoms with Crippen molar-refractivity contribution < 1.29 is 18.1 Å². The van der Waals surface area contributed by atoms with E-state index in [1.54, 1.807) is 0 Å². The lowest BCUT2D eigenvalue weighted by atomic mass is 10.0. The van der Waals surface area contributed by atoms with Crippen molar-refractivity contribution in [3.8, 4) is 12.1 Å². The second kappa shape index (κ2) is 12.8. The largest absolute Gasteiger partial charge is 0.474 e. The maximum absolute atomic E-state index is 12.4. The summed E-state index contributed by atoms with van der Waals surface area (Å²) < 4.78 is 27.9. The predicted molar refractivity (Wildman–Crippen MR) is 79.2 cm³/mol. The van der Waals surface area contributed by atoms with Gasteiger partial charge in [-0.3, -0.25) is 13.6 Å². The third-order valence-electron chi connectivity index (χ3n) is 2.94. The van der Waals surface area contributed by atoms with E-state index < -0.39 is 7.82 Å². The first-order valence-corrected chi connectivity index (χ1v) is 8.85. The number of nitriles is 2. The topological polar surface area (TPSA) is 92.3 Å². The van der Waals surface area contributed by atoms with E-state index in [1.165, 1.54) is 0 Å². The van der Waals surface area contributed by atoms with E-state index in [-0.39, 0.29) is 26.1 Å². The van der Waals surface area contributed by atoms with Crippen LogP contribution in [0.3, 0.4) is 0 Å². The zero-order valence-corrected chi connectivity index (χ0v) is 13.8. The molecule has 0 aromatic heterocycles. The summed E-state index contributed by atoms with van der Waals surface area (Å²) in [6, 6.07) is 3.80. The molecular weight excluding hydrogens is 291 g/mol. The van der Waals surface area contributed by atoms with Crippen molar-refractivity contribution in [2.24, 2.45) is 5.92 Å². The number of nitrogens with zero attached hydrogens (tertiary/aromatic N) is 2. The van der Waals surface area contributed by atoms with Gasteiger partial charge in [0, 0.05) is 0 Å². The van der Waals surface area contributed by atoms with E-state index in [9.17, 15) is 4.57 Å². The standard InChI is InChI=1S/C14H25N2O4P/c1-3-5-8-14(4-2)13-20-21(17,18-11-6-9-15)19-12-7-10-16/h14H,3-8,11-13H2,1-2H3. The summed E-state index contributed by atoms with van der Waals surface area (Å²) in [5.41, 5.74) is 0. The second-order valence-electron chi connectivity index (χ2n) is 4.64. The molecule has 0 aliphatic rings. The van der Waals surface area contributed by atoms with Crippen LogP contribution >= 0.6 is 7.82 Å². The van der Waals surface area contributed by atoms with Crippen LogP contribution in [0.1, 0.15) is 52.4 Å². The average molecular weight is 316 g/mol. The van der Waals surface area contributed by atoms with E-state index in [1.807, 2.05) is 12.1 Å². The summed E-state index contributed by atoms with van der Waals surface area (Å²) in [7, 11) is -3.68. The summed E-state index contributed by atoms with van der Waals surface area (Å²) in [6.45, 7) is 4.46. The minimum atomic E-state index is -3.68. The molecule has 1 atom stereocenters. The summed E-state index contributed by atoms with van der Waals surface area (Å²) >= 11 is 0. The molecule has 0 bridgehead atoms. The molecule has 0 radical (unpaired) electrons. The highest BCUT2D eigenvalue weighted by molar-refractivity contribution is 7.48. The predicted octanol–water partition coefficient (Wildman–Crippen LogP) is 4.19. The van der Waals surface area contributed by atoms with Gasteiger partial charge in [0.1, 0.15) is 0 Å². The number of hydrogen-bond acceptors (Lipinski definition) is 6. The van der Waals surface area contributed by atoms with Gasteiger partial charge in [0.2, 0.25) is 0 Å². The van der Waals surface area contributed by atoms with Crippen molar-refractivity contribution in [3.05, 3.63) is 0 Å². The maximum Gasteiger partial charge on any atom is 0.474 e. The molecule has 0 heterocycles. The monoisotopic (exact) mass is 316 g/mol. The molecular formula is C14H25N2O4P. The average Bonchev–Trinajstić information content (AvgIpc) is 2.48. The van der Waals surface area contributed by atoms with Crippen molar-refractivity contribution in [3.63, 3.8) is 0 Å². The number of phosphoric ester groups is 1. The first kappa shape index (κ1) is 20.1. The van der Waals surface area contributed by atoms with Crippen LogP contribution in [0.25, 0.3) is 0 Å². The van der Waals surface area contributed by atoms with Crippen molar-refractivity contribution in [2.75, 3.05) is 19.8 Å². The van der Waals surface area contributed by atoms with Crippen LogP contribution in [0.15, 0.2) is 0 Å². The number of phosphoric acid groups is 1. The van der Waals surface area contributed by atoms with Crippen LogP contribution in [-0.2, 0) is 18.1 Å². The van der Waals surface area contributed by atoms with Crippen molar-refractivity contribution in [1.29, 1.82) is 10.5 Å². The maximum atomic E-state index is 12.4. The molecule has 0 N–H and O–H groups in total. The SMILES string of the molecule is CCCCC(CC)COP(=O)(OCCC#N)OCCC#N. The molecule has 0 aromatic carbocycles. The molecule has 0 saturated carbocycles. The number of rotatable bonds is 13. The lowest BCUT2D eigenvalue weighted by molar-refractivity contribution is 0.0999. The van der Waals surface area contributed by atoms with Gasteiger partial charge in [-0.2, -0.15) is 10.5 Å². The molecule has 0 aliphatic carbocycles. The van der Waals surface area contributed by atoms with Crippen LogP contribution in [0.4, 0.5) is 0 Å². The lowest BCUT2D eigenvalue weighted by Crippen LogP contribution is -2.11. The smallest absolute Gasteiger partial charge is 0.287 e. The van der Waals surface area contributed by atoms with E-state index in [0.717, 1.165) is 25.7 Å². The van der Waals surface area contributed by atoms with Crippen LogP contribution in [-0.4, -0.2) is 19.8 Å². The zero-order chi connectivity index (χ0) is 16.0. The highest BCUT2D eigenvalue weighted by Crippen LogP contribution is 2.50. The Hall–Kier alpha value is -0.910. The fraction of sp³-hybridized carbons (Fsp3) is 0.857. The third kappa shape index (κ3) is 10.5. The summed E-state index contributed by atoms with van der Waals surface area (Å²) in [5, 5.41) is 17.0. The first-order valence-electron chi connectivity index (χ1n) is 7.39. The van der Waals surface area contributed by atoms with Gasteiger partial charge in [-0.05, 0) is 12.3 Å². The molecule has 0 saturated heterocycles. The Labute approximate surface area is 127 Å². The van der Waals surface area contributed by atoms with E-state index >= 15 is 0 Å². The lowest BCUT2D eigenvalue weighted by Gasteiger charge is -2.20. The molecule has 6 nitrogen and oxygen atoms in total. The Balaban J connectivity index is 4.39. The molecule has 0 amide bonds. The van der Waals surface area contributed by atoms with Crippen molar-refractivity contribution in [2.45, 2.75) is 52.4 Å². The molecule has 1 unspecified atom stereocenters. The fourth-order valence-electron chi connectivity index (χ4n) is 1.61. The Morgan fingerprint density at radius 2 is 1.62 bits per heavy atom. The third-order valence-corrected chi connectivity index (χ3v) is 4.40. The summed E-state index contributed by atoms with van der Waals surface area (Å²) in [4.78, 5) is 0. The Bertz CT molecular complexity index is 365. The summed E-state index contributed by atoms with van der Waals surface area (Å²) in [6.07, 6.45) is 4.35. The molecule has 0 fully saturated rings. The Morgan fingerprint density at radius 1 is 1.05 bits per heavy atom. The van der Waals surface area contributed by atoms with E-state index in [0.29, 0.717) is 12.5 Å². The quantitative estimate of drug-likeness (QED) is 0.373. The second-order valence-corrected chi connectivity index (χ2v) is 6.31. The molecule has 21 heavy (non-hydrogen) atoms. The molecule has 0 rings (SSSR count). The number of unbranched alkanes of at least 4 members (excludes halogenated alkanes) is 1. The molecule has 7 heteroatoms. The minimum absolute atomic E-state index is 0.00785. The normalized spacial score (nSPS) is 12.6. The first-order chi connectivity index (χ1) is 10.1. The summed E-state index contributed by atoms with van der Waals surface area (Å²) in [5.74, 6) is 0.303. The van der Waals surface area contributed by atoms with E-state index in [2.05, 4.69) is 13.8 Å². The molecule has 0 spiro atoms. The van der Waals surface area contributed by atoms with Gasteiger partial charge >= 0.3 is 7.82 Å². The highest BCUT2D eigenvalue weighted by atomic mass is 31.2. The fourth-order valence-corrected chi connectivity index (χ4v) is 2.86. The Kier molecular flexibility index (Phi) is 12.2. The van der Waals surface area contributed by atoms with Gasteiger partial charge in [0.25, 0.3) is 0 Å². The van der Waals surface area contributed by atoms with Gasteiger partial charge in [0.05, 0.1) is 44.8 Å². The van der Waals surface area contributed by atoms with Crippen LogP contribution in [0, 0.1) is 28.6 Å². The molecule has 0 aromatic rings. The van der Waals surface area contributed by atoms with Crippen LogP contribution < -0.4 is 0 Å². The molecule has 0 aliphatic heterocycles. The highest BCUT2D eigenvalue weighted by Gasteiger charge is 2.27.